The Labute approximate surface area is 41.3 Å². The van der Waals surface area contributed by atoms with Crippen LogP contribution in [-0.2, 0) is 0 Å². The molecule has 1 rings (SSSR count). The number of nitrogens with two attached hydrogens (primary N) is 2. The molecule has 5 N–H and O–H groups in total. The number of aromatic nitrogens is 1. The Hall–Kier alpha value is -1.12. The highest BCUT2D eigenvalue weighted by Crippen LogP contribution is 2.01. The molecule has 0 saturated carbocycles. The Balaban J connectivity index is 3.04. The van der Waals surface area contributed by atoms with Crippen molar-refractivity contribution >= 4 is 11.6 Å². The first-order valence-electron chi connectivity index (χ1n) is 1.99. The van der Waals surface area contributed by atoms with Crippen molar-refractivity contribution < 1.29 is 0 Å². The molecular formula is C4H7N3. The van der Waals surface area contributed by atoms with Crippen LogP contribution in [0.25, 0.3) is 0 Å². The van der Waals surface area contributed by atoms with Crippen LogP contribution in [0.5, 0.6) is 0 Å². The average Bonchev–Trinajstić information content (AvgIpc) is 1.87. The van der Waals surface area contributed by atoms with Crippen LogP contribution in [-0.4, -0.2) is 4.98 Å². The molecule has 0 aromatic carbocycles. The molecule has 38 valence electrons. The van der Waals surface area contributed by atoms with Gasteiger partial charge in [-0.05, 0) is 12.1 Å². The van der Waals surface area contributed by atoms with E-state index in [1.165, 1.54) is 0 Å². The van der Waals surface area contributed by atoms with Gasteiger partial charge in [0.15, 0.2) is 0 Å². The molecule has 0 aliphatic heterocycles. The molecule has 0 fully saturated rings. The van der Waals surface area contributed by atoms with Crippen LogP contribution in [0.2, 0.25) is 0 Å². The van der Waals surface area contributed by atoms with E-state index in [0.29, 0.717) is 11.6 Å². The van der Waals surface area contributed by atoms with Crippen LogP contribution in [0.1, 0.15) is 0 Å². The van der Waals surface area contributed by atoms with Crippen LogP contribution in [0.3, 0.4) is 0 Å². The number of hydrogen-bond acceptors (Lipinski definition) is 2. The number of H-pyrrole nitrogens is 1. The fraction of sp³-hybridized carbons (Fsp3) is 0. The second-order valence-electron chi connectivity index (χ2n) is 1.37. The van der Waals surface area contributed by atoms with E-state index in [1.807, 2.05) is 0 Å². The fourth-order valence-electron chi connectivity index (χ4n) is 0.430. The zero-order valence-electron chi connectivity index (χ0n) is 3.81. The highest BCUT2D eigenvalue weighted by atomic mass is 14.9. The molecule has 0 saturated heterocycles. The maximum absolute atomic E-state index is 5.24. The summed E-state index contributed by atoms with van der Waals surface area (Å²) in [5, 5.41) is 0. The van der Waals surface area contributed by atoms with Gasteiger partial charge in [-0.2, -0.15) is 0 Å². The van der Waals surface area contributed by atoms with E-state index >= 15 is 0 Å². The molecule has 1 aromatic rings. The second-order valence-corrected chi connectivity index (χ2v) is 1.37. The smallest absolute Gasteiger partial charge is 0.102 e. The largest absolute Gasteiger partial charge is 0.385 e. The molecule has 0 atom stereocenters. The van der Waals surface area contributed by atoms with E-state index in [-0.39, 0.29) is 0 Å². The zero-order chi connectivity index (χ0) is 5.28. The minimum absolute atomic E-state index is 0.609. The van der Waals surface area contributed by atoms with Crippen LogP contribution in [0, 0.1) is 0 Å². The molecule has 0 bridgehead atoms. The van der Waals surface area contributed by atoms with Gasteiger partial charge < -0.3 is 16.5 Å². The molecular weight excluding hydrogens is 90.1 g/mol. The lowest BCUT2D eigenvalue weighted by Crippen LogP contribution is -1.85. The van der Waals surface area contributed by atoms with Gasteiger partial charge in [0.2, 0.25) is 0 Å². The lowest BCUT2D eigenvalue weighted by Gasteiger charge is -1.78. The summed E-state index contributed by atoms with van der Waals surface area (Å²) in [6, 6.07) is 3.44. The van der Waals surface area contributed by atoms with Gasteiger partial charge in [0.1, 0.15) is 11.6 Å². The van der Waals surface area contributed by atoms with Gasteiger partial charge in [-0.25, -0.2) is 0 Å². The van der Waals surface area contributed by atoms with Crippen molar-refractivity contribution in [2.24, 2.45) is 0 Å². The monoisotopic (exact) mass is 97.1 g/mol. The maximum atomic E-state index is 5.24. The summed E-state index contributed by atoms with van der Waals surface area (Å²) in [5.41, 5.74) is 10.5. The predicted octanol–water partition coefficient (Wildman–Crippen LogP) is 0.179. The Kier molecular flexibility index (Phi) is 0.685. The molecule has 1 aromatic heterocycles. The van der Waals surface area contributed by atoms with E-state index in [0.717, 1.165) is 0 Å². The van der Waals surface area contributed by atoms with Gasteiger partial charge in [-0.15, -0.1) is 0 Å². The Morgan fingerprint density at radius 2 is 1.57 bits per heavy atom. The minimum atomic E-state index is 0.609. The van der Waals surface area contributed by atoms with Gasteiger partial charge >= 0.3 is 0 Å². The quantitative estimate of drug-likeness (QED) is 0.432. The zero-order valence-corrected chi connectivity index (χ0v) is 3.81. The van der Waals surface area contributed by atoms with Gasteiger partial charge in [-0.3, -0.25) is 0 Å². The van der Waals surface area contributed by atoms with E-state index in [4.69, 9.17) is 11.5 Å². The van der Waals surface area contributed by atoms with Crippen LogP contribution in [0.15, 0.2) is 12.1 Å². The van der Waals surface area contributed by atoms with E-state index in [1.54, 1.807) is 12.1 Å². The maximum Gasteiger partial charge on any atom is 0.102 e. The molecule has 7 heavy (non-hydrogen) atoms. The lowest BCUT2D eigenvalue weighted by atomic mass is 10.6. The van der Waals surface area contributed by atoms with Gasteiger partial charge in [0.25, 0.3) is 0 Å². The molecule has 3 heteroatoms. The Morgan fingerprint density at radius 3 is 1.71 bits per heavy atom. The minimum Gasteiger partial charge on any atom is -0.385 e. The third kappa shape index (κ3) is 0.652. The van der Waals surface area contributed by atoms with Crippen molar-refractivity contribution in [3.63, 3.8) is 0 Å². The van der Waals surface area contributed by atoms with Crippen LogP contribution >= 0.6 is 0 Å². The number of nitrogens with one attached hydrogen (secondary N) is 1. The van der Waals surface area contributed by atoms with Crippen LogP contribution < -0.4 is 11.5 Å². The highest BCUT2D eigenvalue weighted by molar-refractivity contribution is 5.41. The standard InChI is InChI=1S/C4H7N3/c5-3-1-2-4(6)7-3/h1-2,7H,5-6H2. The SMILES string of the molecule is Nc1ccc(N)[nH]1. The summed E-state index contributed by atoms with van der Waals surface area (Å²) in [7, 11) is 0. The normalized spacial score (nSPS) is 9.14. The first kappa shape index (κ1) is 4.05. The Morgan fingerprint density at radius 1 is 1.14 bits per heavy atom. The van der Waals surface area contributed by atoms with Gasteiger partial charge in [0, 0.05) is 0 Å². The number of rotatable bonds is 0. The Bertz CT molecular complexity index is 139. The molecule has 0 amide bonds. The second kappa shape index (κ2) is 1.18. The summed E-state index contributed by atoms with van der Waals surface area (Å²) in [6.45, 7) is 0. The fourth-order valence-corrected chi connectivity index (χ4v) is 0.430. The third-order valence-electron chi connectivity index (χ3n) is 0.731. The van der Waals surface area contributed by atoms with Crippen molar-refractivity contribution in [2.75, 3.05) is 11.5 Å². The third-order valence-corrected chi connectivity index (χ3v) is 0.731. The van der Waals surface area contributed by atoms with E-state index < -0.39 is 0 Å². The number of hydrogen-bond donors (Lipinski definition) is 3. The molecule has 0 aliphatic rings. The molecule has 0 radical (unpaired) electrons. The van der Waals surface area contributed by atoms with Gasteiger partial charge in [-0.1, -0.05) is 0 Å². The molecule has 3 nitrogen and oxygen atoms in total. The number of aromatic amines is 1. The molecule has 0 unspecified atom stereocenters. The topological polar surface area (TPSA) is 67.8 Å². The first-order valence-corrected chi connectivity index (χ1v) is 1.99. The van der Waals surface area contributed by atoms with Crippen molar-refractivity contribution in [3.05, 3.63) is 12.1 Å². The van der Waals surface area contributed by atoms with E-state index in [2.05, 4.69) is 4.98 Å². The lowest BCUT2D eigenvalue weighted by molar-refractivity contribution is 1.42. The highest BCUT2D eigenvalue weighted by Gasteiger charge is 1.83. The van der Waals surface area contributed by atoms with Crippen molar-refractivity contribution in [3.8, 4) is 0 Å². The summed E-state index contributed by atoms with van der Waals surface area (Å²) >= 11 is 0. The summed E-state index contributed by atoms with van der Waals surface area (Å²) in [4.78, 5) is 2.69. The summed E-state index contributed by atoms with van der Waals surface area (Å²) in [6.07, 6.45) is 0. The van der Waals surface area contributed by atoms with E-state index in [9.17, 15) is 0 Å². The molecule has 0 aliphatic carbocycles. The summed E-state index contributed by atoms with van der Waals surface area (Å²) < 4.78 is 0. The number of anilines is 2. The molecule has 0 spiro atoms. The van der Waals surface area contributed by atoms with Crippen molar-refractivity contribution in [2.45, 2.75) is 0 Å². The van der Waals surface area contributed by atoms with Crippen molar-refractivity contribution in [1.82, 2.24) is 4.98 Å². The summed E-state index contributed by atoms with van der Waals surface area (Å²) in [5.74, 6) is 1.22. The predicted molar refractivity (Wildman–Crippen MR) is 29.6 cm³/mol. The molecule has 1 heterocycles. The van der Waals surface area contributed by atoms with Crippen LogP contribution in [0.4, 0.5) is 11.6 Å². The van der Waals surface area contributed by atoms with Gasteiger partial charge in [0.05, 0.1) is 0 Å². The van der Waals surface area contributed by atoms with Crippen molar-refractivity contribution in [1.29, 1.82) is 0 Å². The number of nitrogen functional groups attached to an aromatic ring is 2. The average molecular weight is 97.1 g/mol. The first-order chi connectivity index (χ1) is 3.29.